The van der Waals surface area contributed by atoms with Gasteiger partial charge in [-0.05, 0) is 83.9 Å². The molecule has 2 heterocycles. The highest BCUT2D eigenvalue weighted by atomic mass is 19.1. The van der Waals surface area contributed by atoms with E-state index >= 15 is 0 Å². The van der Waals surface area contributed by atoms with Crippen LogP contribution in [0.1, 0.15) is 0 Å². The highest BCUT2D eigenvalue weighted by molar-refractivity contribution is 5.89. The lowest BCUT2D eigenvalue weighted by Crippen LogP contribution is -2.28. The van der Waals surface area contributed by atoms with E-state index in [0.717, 1.165) is 40.2 Å². The second kappa shape index (κ2) is 8.47. The number of benzene rings is 4. The van der Waals surface area contributed by atoms with Crippen LogP contribution in [0.4, 0.5) is 14.5 Å². The van der Waals surface area contributed by atoms with Crippen LogP contribution in [0.3, 0.4) is 0 Å². The van der Waals surface area contributed by atoms with Crippen molar-refractivity contribution in [2.24, 2.45) is 0 Å². The number of fused-ring (bicyclic) bond motifs is 2. The first kappa shape index (κ1) is 21.2. The molecule has 0 N–H and O–H groups in total. The predicted octanol–water partition coefficient (Wildman–Crippen LogP) is 6.74. The minimum absolute atomic E-state index is 0.323. The predicted molar refractivity (Wildman–Crippen MR) is 135 cm³/mol. The van der Waals surface area contributed by atoms with Gasteiger partial charge in [0.1, 0.15) is 24.0 Å². The van der Waals surface area contributed by atoms with Crippen LogP contribution < -0.4 is 9.64 Å². The maximum absolute atomic E-state index is 13.6. The van der Waals surface area contributed by atoms with Crippen LogP contribution in [0.15, 0.2) is 84.9 Å². The molecular formula is C29H21F2N3O. The van der Waals surface area contributed by atoms with Gasteiger partial charge < -0.3 is 9.64 Å². The first-order valence-corrected chi connectivity index (χ1v) is 11.4. The molecule has 0 fully saturated rings. The second-order valence-electron chi connectivity index (χ2n) is 8.59. The van der Waals surface area contributed by atoms with Crippen LogP contribution in [0.25, 0.3) is 44.7 Å². The van der Waals surface area contributed by atoms with Crippen LogP contribution in [-0.4, -0.2) is 30.2 Å². The van der Waals surface area contributed by atoms with Gasteiger partial charge in [0.15, 0.2) is 0 Å². The van der Waals surface area contributed by atoms with Gasteiger partial charge in [0.05, 0.1) is 34.7 Å². The van der Waals surface area contributed by atoms with E-state index in [0.29, 0.717) is 29.0 Å². The number of anilines is 1. The van der Waals surface area contributed by atoms with Crippen molar-refractivity contribution in [1.82, 2.24) is 9.97 Å². The van der Waals surface area contributed by atoms with Crippen molar-refractivity contribution in [2.75, 3.05) is 25.1 Å². The largest absolute Gasteiger partial charge is 0.490 e. The zero-order chi connectivity index (χ0) is 23.9. The monoisotopic (exact) mass is 465 g/mol. The Morgan fingerprint density at radius 1 is 0.657 bits per heavy atom. The fourth-order valence-electron chi connectivity index (χ4n) is 4.39. The topological polar surface area (TPSA) is 38.2 Å². The molecule has 0 spiro atoms. The normalized spacial score (nSPS) is 12.9. The Labute approximate surface area is 201 Å². The van der Waals surface area contributed by atoms with Gasteiger partial charge in [0.2, 0.25) is 0 Å². The number of likely N-dealkylation sites (N-methyl/N-ethyl adjacent to an activating group) is 1. The molecule has 0 bridgehead atoms. The first-order valence-electron chi connectivity index (χ1n) is 11.4. The summed E-state index contributed by atoms with van der Waals surface area (Å²) in [5.74, 6) is 0.213. The molecule has 0 amide bonds. The van der Waals surface area contributed by atoms with Crippen LogP contribution in [0, 0.1) is 11.6 Å². The van der Waals surface area contributed by atoms with Gasteiger partial charge >= 0.3 is 0 Å². The lowest BCUT2D eigenvalue weighted by atomic mass is 10.0. The minimum atomic E-state index is -0.326. The zero-order valence-electron chi connectivity index (χ0n) is 19.0. The zero-order valence-corrected chi connectivity index (χ0v) is 19.0. The highest BCUT2D eigenvalue weighted by Gasteiger charge is 2.17. The molecule has 35 heavy (non-hydrogen) atoms. The smallest absolute Gasteiger partial charge is 0.143 e. The molecule has 1 aromatic heterocycles. The van der Waals surface area contributed by atoms with Crippen LogP contribution in [0.5, 0.6) is 5.75 Å². The van der Waals surface area contributed by atoms with E-state index in [2.05, 4.69) is 24.1 Å². The second-order valence-corrected chi connectivity index (χ2v) is 8.59. The molecule has 0 unspecified atom stereocenters. The summed E-state index contributed by atoms with van der Waals surface area (Å²) in [5.41, 5.74) is 7.20. The fourth-order valence-corrected chi connectivity index (χ4v) is 4.39. The average molecular weight is 466 g/mol. The Morgan fingerprint density at radius 2 is 1.20 bits per heavy atom. The van der Waals surface area contributed by atoms with E-state index in [-0.39, 0.29) is 11.6 Å². The highest BCUT2D eigenvalue weighted by Crippen LogP contribution is 2.36. The van der Waals surface area contributed by atoms with E-state index in [1.807, 2.05) is 24.3 Å². The third-order valence-corrected chi connectivity index (χ3v) is 6.29. The van der Waals surface area contributed by atoms with Crippen molar-refractivity contribution in [1.29, 1.82) is 0 Å². The Balaban J connectivity index is 1.50. The van der Waals surface area contributed by atoms with Crippen LogP contribution in [0.2, 0.25) is 0 Å². The molecule has 5 aromatic rings. The Morgan fingerprint density at radius 3 is 1.86 bits per heavy atom. The van der Waals surface area contributed by atoms with Crippen molar-refractivity contribution in [3.05, 3.63) is 96.6 Å². The minimum Gasteiger partial charge on any atom is -0.490 e. The molecule has 0 aliphatic carbocycles. The summed E-state index contributed by atoms with van der Waals surface area (Å²) in [5, 5.41) is 0. The number of ether oxygens (including phenoxy) is 1. The average Bonchev–Trinajstić information content (AvgIpc) is 2.88. The number of hydrogen-bond acceptors (Lipinski definition) is 4. The molecule has 0 saturated heterocycles. The van der Waals surface area contributed by atoms with E-state index in [4.69, 9.17) is 14.7 Å². The van der Waals surface area contributed by atoms with E-state index in [1.165, 1.54) is 24.3 Å². The quantitative estimate of drug-likeness (QED) is 0.296. The van der Waals surface area contributed by atoms with Gasteiger partial charge in [-0.1, -0.05) is 12.1 Å². The number of rotatable bonds is 3. The molecule has 1 aliphatic heterocycles. The van der Waals surface area contributed by atoms with E-state index < -0.39 is 0 Å². The van der Waals surface area contributed by atoms with Gasteiger partial charge in [0.25, 0.3) is 0 Å². The van der Waals surface area contributed by atoms with Gasteiger partial charge in [0, 0.05) is 18.2 Å². The Bertz CT molecular complexity index is 1550. The summed E-state index contributed by atoms with van der Waals surface area (Å²) >= 11 is 0. The SMILES string of the molecule is CN1CCOc2cc(-c3ccc4nc(-c5ccc(F)cc5)c(-c5ccc(F)cc5)nc4c3)ccc21. The van der Waals surface area contributed by atoms with Gasteiger partial charge in [-0.3, -0.25) is 0 Å². The summed E-state index contributed by atoms with van der Waals surface area (Å²) in [7, 11) is 2.06. The fraction of sp³-hybridized carbons (Fsp3) is 0.103. The third kappa shape index (κ3) is 3.97. The molecular weight excluding hydrogens is 444 g/mol. The van der Waals surface area contributed by atoms with Gasteiger partial charge in [-0.25, -0.2) is 18.7 Å². The standard InChI is InChI=1S/C29H21F2N3O/c1-34-14-15-35-27-17-21(7-13-26(27)34)20-6-12-24-25(16-20)33-29(19-4-10-23(31)11-5-19)28(32-24)18-2-8-22(30)9-3-18/h2-13,16-17H,14-15H2,1H3. The first-order chi connectivity index (χ1) is 17.0. The molecule has 4 aromatic carbocycles. The van der Waals surface area contributed by atoms with Crippen molar-refractivity contribution in [2.45, 2.75) is 0 Å². The molecule has 6 heteroatoms. The van der Waals surface area contributed by atoms with E-state index in [9.17, 15) is 8.78 Å². The number of aromatic nitrogens is 2. The molecule has 0 saturated carbocycles. The number of hydrogen-bond donors (Lipinski definition) is 0. The summed E-state index contributed by atoms with van der Waals surface area (Å²) in [6.07, 6.45) is 0. The van der Waals surface area contributed by atoms with Crippen molar-refractivity contribution in [3.8, 4) is 39.4 Å². The molecule has 4 nitrogen and oxygen atoms in total. The molecule has 172 valence electrons. The Kier molecular flexibility index (Phi) is 5.14. The Hall–Kier alpha value is -4.32. The van der Waals surface area contributed by atoms with Crippen LogP contribution in [-0.2, 0) is 0 Å². The summed E-state index contributed by atoms with van der Waals surface area (Å²) in [6, 6.07) is 24.4. The van der Waals surface area contributed by atoms with E-state index in [1.54, 1.807) is 24.3 Å². The maximum atomic E-state index is 13.6. The van der Waals surface area contributed by atoms with Crippen LogP contribution >= 0.6 is 0 Å². The summed E-state index contributed by atoms with van der Waals surface area (Å²) < 4.78 is 33.1. The lowest BCUT2D eigenvalue weighted by Gasteiger charge is -2.28. The lowest BCUT2D eigenvalue weighted by molar-refractivity contribution is 0.311. The summed E-state index contributed by atoms with van der Waals surface area (Å²) in [4.78, 5) is 12.0. The molecule has 6 rings (SSSR count). The molecule has 0 radical (unpaired) electrons. The third-order valence-electron chi connectivity index (χ3n) is 6.29. The molecule has 0 atom stereocenters. The maximum Gasteiger partial charge on any atom is 0.143 e. The van der Waals surface area contributed by atoms with Gasteiger partial charge in [-0.2, -0.15) is 0 Å². The van der Waals surface area contributed by atoms with Crippen molar-refractivity contribution >= 4 is 16.7 Å². The molecule has 1 aliphatic rings. The van der Waals surface area contributed by atoms with Crippen molar-refractivity contribution < 1.29 is 13.5 Å². The number of nitrogens with zero attached hydrogens (tertiary/aromatic N) is 3. The summed E-state index contributed by atoms with van der Waals surface area (Å²) in [6.45, 7) is 1.52. The number of halogens is 2. The van der Waals surface area contributed by atoms with Gasteiger partial charge in [-0.15, -0.1) is 0 Å². The van der Waals surface area contributed by atoms with Crippen molar-refractivity contribution in [3.63, 3.8) is 0 Å².